The smallest absolute Gasteiger partial charge is 0.180 e. The van der Waals surface area contributed by atoms with Crippen molar-refractivity contribution in [3.8, 4) is 11.5 Å². The minimum absolute atomic E-state index is 0.464. The topological polar surface area (TPSA) is 85.4 Å². The predicted octanol–water partition coefficient (Wildman–Crippen LogP) is 0.941. The van der Waals surface area contributed by atoms with Gasteiger partial charge in [-0.3, -0.25) is 0 Å². The zero-order chi connectivity index (χ0) is 11.1. The van der Waals surface area contributed by atoms with Gasteiger partial charge in [0.25, 0.3) is 0 Å². The van der Waals surface area contributed by atoms with E-state index in [1.807, 2.05) is 23.9 Å². The third-order valence-corrected chi connectivity index (χ3v) is 2.31. The maximum atomic E-state index is 5.59. The average Bonchev–Trinajstić information content (AvgIpc) is 2.83. The largest absolute Gasteiger partial charge is 0.384 e. The van der Waals surface area contributed by atoms with Crippen molar-refractivity contribution < 1.29 is 0 Å². The fourth-order valence-corrected chi connectivity index (χ4v) is 1.56. The zero-order valence-electron chi connectivity index (χ0n) is 8.68. The molecule has 16 heavy (non-hydrogen) atoms. The van der Waals surface area contributed by atoms with E-state index in [1.54, 1.807) is 12.4 Å². The van der Waals surface area contributed by atoms with E-state index in [1.165, 1.54) is 0 Å². The number of imidazole rings is 2. The summed E-state index contributed by atoms with van der Waals surface area (Å²) in [6.45, 7) is 0. The van der Waals surface area contributed by atoms with E-state index < -0.39 is 0 Å². The fraction of sp³-hybridized carbons (Fsp3) is 0.100. The minimum atomic E-state index is 0.464. The molecule has 0 spiro atoms. The number of anilines is 1. The molecule has 80 valence electrons. The van der Waals surface area contributed by atoms with Gasteiger partial charge in [0, 0.05) is 13.2 Å². The van der Waals surface area contributed by atoms with Crippen molar-refractivity contribution in [3.05, 3.63) is 24.7 Å². The second kappa shape index (κ2) is 3.06. The van der Waals surface area contributed by atoms with Crippen LogP contribution in [0.2, 0.25) is 0 Å². The highest BCUT2D eigenvalue weighted by Gasteiger charge is 2.08. The van der Waals surface area contributed by atoms with Gasteiger partial charge < -0.3 is 15.3 Å². The van der Waals surface area contributed by atoms with Crippen LogP contribution in [0.1, 0.15) is 0 Å². The molecule has 0 aliphatic carbocycles. The Labute approximate surface area is 91.2 Å². The number of rotatable bonds is 1. The second-order valence-electron chi connectivity index (χ2n) is 3.62. The van der Waals surface area contributed by atoms with E-state index in [0.717, 1.165) is 11.2 Å². The fourth-order valence-electron chi connectivity index (χ4n) is 1.56. The minimum Gasteiger partial charge on any atom is -0.384 e. The van der Waals surface area contributed by atoms with Crippen molar-refractivity contribution in [2.24, 2.45) is 7.05 Å². The van der Waals surface area contributed by atoms with Gasteiger partial charge in [0.15, 0.2) is 11.5 Å². The van der Waals surface area contributed by atoms with Crippen LogP contribution in [0.15, 0.2) is 24.7 Å². The van der Waals surface area contributed by atoms with Crippen LogP contribution in [0.25, 0.3) is 22.7 Å². The molecule has 0 bridgehead atoms. The second-order valence-corrected chi connectivity index (χ2v) is 3.62. The molecule has 0 atom stereocenters. The molecule has 0 unspecified atom stereocenters. The lowest BCUT2D eigenvalue weighted by atomic mass is 10.4. The molecule has 3 aromatic rings. The van der Waals surface area contributed by atoms with Gasteiger partial charge in [0.2, 0.25) is 0 Å². The van der Waals surface area contributed by atoms with E-state index in [4.69, 9.17) is 5.73 Å². The monoisotopic (exact) mass is 214 g/mol. The highest BCUT2D eigenvalue weighted by Crippen LogP contribution is 2.17. The number of pyridine rings is 1. The Morgan fingerprint density at radius 1 is 1.31 bits per heavy atom. The van der Waals surface area contributed by atoms with Crippen molar-refractivity contribution in [2.45, 2.75) is 0 Å². The van der Waals surface area contributed by atoms with Crippen LogP contribution < -0.4 is 5.73 Å². The Bertz CT molecular complexity index is 650. The number of hydrogen-bond acceptors (Lipinski definition) is 4. The van der Waals surface area contributed by atoms with Crippen molar-refractivity contribution >= 4 is 17.0 Å². The number of aryl methyl sites for hydroxylation is 1. The van der Waals surface area contributed by atoms with Crippen molar-refractivity contribution in [3.63, 3.8) is 0 Å². The average molecular weight is 214 g/mol. The summed E-state index contributed by atoms with van der Waals surface area (Å²) < 4.78 is 1.87. The molecule has 6 nitrogen and oxygen atoms in total. The molecule has 3 rings (SSSR count). The van der Waals surface area contributed by atoms with Crippen molar-refractivity contribution in [1.82, 2.24) is 24.5 Å². The zero-order valence-corrected chi connectivity index (χ0v) is 8.68. The van der Waals surface area contributed by atoms with E-state index in [2.05, 4.69) is 19.9 Å². The standard InChI is InChI=1S/C10H10N6/c1-16-4-7(12-5-16)10-13-6-2-3-8(11)14-9(6)15-10/h2-5H,1H3,(H3,11,13,14,15). The third kappa shape index (κ3) is 1.31. The molecule has 3 aromatic heterocycles. The van der Waals surface area contributed by atoms with E-state index >= 15 is 0 Å². The summed E-state index contributed by atoms with van der Waals surface area (Å²) in [5.41, 5.74) is 7.85. The number of nitrogens with one attached hydrogen (secondary N) is 1. The molecule has 0 saturated heterocycles. The summed E-state index contributed by atoms with van der Waals surface area (Å²) in [6, 6.07) is 3.60. The number of aromatic nitrogens is 5. The first-order valence-electron chi connectivity index (χ1n) is 4.83. The van der Waals surface area contributed by atoms with E-state index in [0.29, 0.717) is 17.3 Å². The Kier molecular flexibility index (Phi) is 1.70. The summed E-state index contributed by atoms with van der Waals surface area (Å²) >= 11 is 0. The molecular weight excluding hydrogens is 204 g/mol. The van der Waals surface area contributed by atoms with Crippen LogP contribution in [0, 0.1) is 0 Å². The Hall–Kier alpha value is -2.37. The molecule has 0 aliphatic heterocycles. The summed E-state index contributed by atoms with van der Waals surface area (Å²) in [5, 5.41) is 0. The van der Waals surface area contributed by atoms with Gasteiger partial charge in [-0.15, -0.1) is 0 Å². The lowest BCUT2D eigenvalue weighted by molar-refractivity contribution is 0.913. The number of hydrogen-bond donors (Lipinski definition) is 2. The molecule has 0 aromatic carbocycles. The Morgan fingerprint density at radius 3 is 2.94 bits per heavy atom. The number of nitrogens with two attached hydrogens (primary N) is 1. The molecule has 0 radical (unpaired) electrons. The molecule has 0 aliphatic rings. The maximum absolute atomic E-state index is 5.59. The van der Waals surface area contributed by atoms with E-state index in [-0.39, 0.29) is 0 Å². The SMILES string of the molecule is Cn1cnc(-c2nc3nc(N)ccc3[nH]2)c1. The third-order valence-electron chi connectivity index (χ3n) is 2.31. The van der Waals surface area contributed by atoms with Gasteiger partial charge >= 0.3 is 0 Å². The first kappa shape index (κ1) is 8.90. The highest BCUT2D eigenvalue weighted by molar-refractivity contribution is 5.76. The summed E-state index contributed by atoms with van der Waals surface area (Å²) in [6.07, 6.45) is 3.62. The van der Waals surface area contributed by atoms with Crippen molar-refractivity contribution in [2.75, 3.05) is 5.73 Å². The molecule has 6 heteroatoms. The van der Waals surface area contributed by atoms with Crippen LogP contribution in [0.5, 0.6) is 0 Å². The van der Waals surface area contributed by atoms with Crippen LogP contribution >= 0.6 is 0 Å². The van der Waals surface area contributed by atoms with Gasteiger partial charge in [-0.25, -0.2) is 15.0 Å². The van der Waals surface area contributed by atoms with Crippen LogP contribution in [0.3, 0.4) is 0 Å². The van der Waals surface area contributed by atoms with Gasteiger partial charge in [0.05, 0.1) is 11.8 Å². The van der Waals surface area contributed by atoms with Crippen molar-refractivity contribution in [1.29, 1.82) is 0 Å². The number of nitrogen functional groups attached to an aromatic ring is 1. The first-order chi connectivity index (χ1) is 7.72. The molecule has 3 N–H and O–H groups in total. The lowest BCUT2D eigenvalue weighted by Gasteiger charge is -1.88. The number of nitrogens with zero attached hydrogens (tertiary/aromatic N) is 4. The molecule has 0 amide bonds. The van der Waals surface area contributed by atoms with Crippen LogP contribution in [-0.4, -0.2) is 24.5 Å². The van der Waals surface area contributed by atoms with Gasteiger partial charge in [-0.2, -0.15) is 0 Å². The van der Waals surface area contributed by atoms with Gasteiger partial charge in [-0.05, 0) is 12.1 Å². The summed E-state index contributed by atoms with van der Waals surface area (Å²) in [5.74, 6) is 1.17. The molecule has 0 fully saturated rings. The quantitative estimate of drug-likeness (QED) is 0.631. The normalized spacial score (nSPS) is 11.1. The highest BCUT2D eigenvalue weighted by atomic mass is 15.1. The first-order valence-corrected chi connectivity index (χ1v) is 4.83. The number of aromatic amines is 1. The Morgan fingerprint density at radius 2 is 2.19 bits per heavy atom. The molecule has 3 heterocycles. The number of H-pyrrole nitrogens is 1. The lowest BCUT2D eigenvalue weighted by Crippen LogP contribution is -1.88. The van der Waals surface area contributed by atoms with Gasteiger partial charge in [-0.1, -0.05) is 0 Å². The maximum Gasteiger partial charge on any atom is 0.180 e. The van der Waals surface area contributed by atoms with Crippen LogP contribution in [-0.2, 0) is 7.05 Å². The van der Waals surface area contributed by atoms with Gasteiger partial charge in [0.1, 0.15) is 11.5 Å². The summed E-state index contributed by atoms with van der Waals surface area (Å²) in [7, 11) is 1.91. The van der Waals surface area contributed by atoms with Crippen LogP contribution in [0.4, 0.5) is 5.82 Å². The predicted molar refractivity (Wildman–Crippen MR) is 60.5 cm³/mol. The molecular formula is C10H10N6. The summed E-state index contributed by atoms with van der Waals surface area (Å²) in [4.78, 5) is 15.8. The Balaban J connectivity index is 2.18. The van der Waals surface area contributed by atoms with E-state index in [9.17, 15) is 0 Å². The number of fused-ring (bicyclic) bond motifs is 1. The molecule has 0 saturated carbocycles.